The molecule has 0 saturated heterocycles. The van der Waals surface area contributed by atoms with Gasteiger partial charge >= 0.3 is 0 Å². The second-order valence-electron chi connectivity index (χ2n) is 5.86. The minimum atomic E-state index is 0.490. The highest BCUT2D eigenvalue weighted by Crippen LogP contribution is 2.30. The molecule has 0 unspecified atom stereocenters. The van der Waals surface area contributed by atoms with E-state index < -0.39 is 0 Å². The number of ether oxygens (including phenoxy) is 2. The summed E-state index contributed by atoms with van der Waals surface area (Å²) < 4.78 is 10.6. The first-order chi connectivity index (χ1) is 13.1. The van der Waals surface area contributed by atoms with Crippen molar-refractivity contribution in [2.45, 2.75) is 13.5 Å². The van der Waals surface area contributed by atoms with Gasteiger partial charge in [-0.05, 0) is 30.7 Å². The molecule has 6 nitrogen and oxygen atoms in total. The zero-order valence-electron chi connectivity index (χ0n) is 15.4. The lowest BCUT2D eigenvalue weighted by atomic mass is 10.2. The van der Waals surface area contributed by atoms with Crippen LogP contribution in [-0.2, 0) is 6.54 Å². The van der Waals surface area contributed by atoms with Gasteiger partial charge in [0.05, 0.1) is 14.2 Å². The SMILES string of the molecule is COc1ccc(Nc2nc(C)cc(NCc3ccccc3Cl)n2)cc1OC. The maximum atomic E-state index is 6.21. The molecule has 7 heteroatoms. The fourth-order valence-electron chi connectivity index (χ4n) is 2.59. The summed E-state index contributed by atoms with van der Waals surface area (Å²) in [5, 5.41) is 7.21. The highest BCUT2D eigenvalue weighted by Gasteiger charge is 2.08. The van der Waals surface area contributed by atoms with Crippen LogP contribution in [-0.4, -0.2) is 24.2 Å². The molecule has 3 aromatic rings. The van der Waals surface area contributed by atoms with E-state index >= 15 is 0 Å². The lowest BCUT2D eigenvalue weighted by molar-refractivity contribution is 0.355. The van der Waals surface area contributed by atoms with E-state index in [2.05, 4.69) is 20.6 Å². The highest BCUT2D eigenvalue weighted by atomic mass is 35.5. The minimum Gasteiger partial charge on any atom is -0.493 e. The van der Waals surface area contributed by atoms with Crippen molar-refractivity contribution in [1.29, 1.82) is 0 Å². The van der Waals surface area contributed by atoms with Crippen molar-refractivity contribution in [2.75, 3.05) is 24.9 Å². The fraction of sp³-hybridized carbons (Fsp3) is 0.200. The Labute approximate surface area is 163 Å². The summed E-state index contributed by atoms with van der Waals surface area (Å²) in [4.78, 5) is 8.96. The second kappa shape index (κ2) is 8.60. The Hall–Kier alpha value is -2.99. The number of aromatic nitrogens is 2. The predicted octanol–water partition coefficient (Wildman–Crippen LogP) is 4.81. The van der Waals surface area contributed by atoms with Gasteiger partial charge in [0, 0.05) is 35.1 Å². The van der Waals surface area contributed by atoms with Crippen LogP contribution in [0.3, 0.4) is 0 Å². The molecule has 2 aromatic carbocycles. The van der Waals surface area contributed by atoms with Crippen molar-refractivity contribution >= 4 is 29.1 Å². The molecule has 0 bridgehead atoms. The van der Waals surface area contributed by atoms with Gasteiger partial charge in [0.25, 0.3) is 0 Å². The first kappa shape index (κ1) is 18.8. The molecular weight excluding hydrogens is 364 g/mol. The smallest absolute Gasteiger partial charge is 0.229 e. The van der Waals surface area contributed by atoms with Gasteiger partial charge in [0.1, 0.15) is 5.82 Å². The topological polar surface area (TPSA) is 68.3 Å². The number of hydrogen-bond acceptors (Lipinski definition) is 6. The van der Waals surface area contributed by atoms with Gasteiger partial charge in [-0.2, -0.15) is 4.98 Å². The maximum absolute atomic E-state index is 6.21. The first-order valence-corrected chi connectivity index (χ1v) is 8.79. The molecule has 0 saturated carbocycles. The summed E-state index contributed by atoms with van der Waals surface area (Å²) in [5.41, 5.74) is 2.65. The van der Waals surface area contributed by atoms with E-state index in [4.69, 9.17) is 21.1 Å². The number of halogens is 1. The van der Waals surface area contributed by atoms with Crippen molar-refractivity contribution in [3.63, 3.8) is 0 Å². The van der Waals surface area contributed by atoms with Gasteiger partial charge in [0.2, 0.25) is 5.95 Å². The van der Waals surface area contributed by atoms with Crippen LogP contribution in [0.1, 0.15) is 11.3 Å². The minimum absolute atomic E-state index is 0.490. The van der Waals surface area contributed by atoms with Crippen LogP contribution in [0.2, 0.25) is 5.02 Å². The number of hydrogen-bond donors (Lipinski definition) is 2. The highest BCUT2D eigenvalue weighted by molar-refractivity contribution is 6.31. The molecule has 0 aliphatic carbocycles. The third-order valence-corrected chi connectivity index (χ3v) is 4.28. The van der Waals surface area contributed by atoms with E-state index in [1.807, 2.05) is 55.5 Å². The summed E-state index contributed by atoms with van der Waals surface area (Å²) in [6.07, 6.45) is 0. The molecular formula is C20H21ClN4O2. The largest absolute Gasteiger partial charge is 0.493 e. The van der Waals surface area contributed by atoms with Crippen LogP contribution >= 0.6 is 11.6 Å². The van der Waals surface area contributed by atoms with E-state index in [0.717, 1.165) is 22.0 Å². The van der Waals surface area contributed by atoms with Crippen molar-refractivity contribution in [2.24, 2.45) is 0 Å². The molecule has 0 spiro atoms. The van der Waals surface area contributed by atoms with Gasteiger partial charge in [0.15, 0.2) is 11.5 Å². The molecule has 2 N–H and O–H groups in total. The predicted molar refractivity (Wildman–Crippen MR) is 108 cm³/mol. The third-order valence-electron chi connectivity index (χ3n) is 3.91. The van der Waals surface area contributed by atoms with Crippen molar-refractivity contribution in [3.05, 3.63) is 64.8 Å². The Balaban J connectivity index is 1.76. The molecule has 1 heterocycles. The maximum Gasteiger partial charge on any atom is 0.229 e. The second-order valence-corrected chi connectivity index (χ2v) is 6.27. The van der Waals surface area contributed by atoms with Gasteiger partial charge < -0.3 is 20.1 Å². The third kappa shape index (κ3) is 4.80. The average molecular weight is 385 g/mol. The lowest BCUT2D eigenvalue weighted by Crippen LogP contribution is -2.06. The van der Waals surface area contributed by atoms with Crippen molar-refractivity contribution in [1.82, 2.24) is 9.97 Å². The normalized spacial score (nSPS) is 10.4. The Kier molecular flexibility index (Phi) is 5.98. The van der Waals surface area contributed by atoms with Crippen molar-refractivity contribution < 1.29 is 9.47 Å². The van der Waals surface area contributed by atoms with Gasteiger partial charge in [-0.15, -0.1) is 0 Å². The quantitative estimate of drug-likeness (QED) is 0.609. The number of benzene rings is 2. The van der Waals surface area contributed by atoms with Crippen LogP contribution in [0.25, 0.3) is 0 Å². The molecule has 0 amide bonds. The number of rotatable bonds is 7. The number of nitrogens with one attached hydrogen (secondary N) is 2. The Morgan fingerprint density at radius 2 is 1.74 bits per heavy atom. The molecule has 0 aliphatic rings. The molecule has 0 aliphatic heterocycles. The molecule has 3 rings (SSSR count). The number of anilines is 3. The van der Waals surface area contributed by atoms with E-state index in [1.54, 1.807) is 14.2 Å². The zero-order chi connectivity index (χ0) is 19.2. The van der Waals surface area contributed by atoms with Crippen LogP contribution in [0.15, 0.2) is 48.5 Å². The molecule has 0 radical (unpaired) electrons. The van der Waals surface area contributed by atoms with Crippen LogP contribution < -0.4 is 20.1 Å². The molecule has 140 valence electrons. The van der Waals surface area contributed by atoms with Crippen LogP contribution in [0, 0.1) is 6.92 Å². The van der Waals surface area contributed by atoms with Crippen molar-refractivity contribution in [3.8, 4) is 11.5 Å². The molecule has 0 atom stereocenters. The Bertz CT molecular complexity index is 934. The Morgan fingerprint density at radius 3 is 2.48 bits per heavy atom. The zero-order valence-corrected chi connectivity index (χ0v) is 16.2. The van der Waals surface area contributed by atoms with E-state index in [1.165, 1.54) is 0 Å². The first-order valence-electron chi connectivity index (χ1n) is 8.41. The van der Waals surface area contributed by atoms with Crippen LogP contribution in [0.5, 0.6) is 11.5 Å². The number of methoxy groups -OCH3 is 2. The lowest BCUT2D eigenvalue weighted by Gasteiger charge is -2.12. The van der Waals surface area contributed by atoms with E-state index in [9.17, 15) is 0 Å². The summed E-state index contributed by atoms with van der Waals surface area (Å²) in [5.74, 6) is 2.50. The summed E-state index contributed by atoms with van der Waals surface area (Å²) in [6, 6.07) is 15.1. The standard InChI is InChI=1S/C20H21ClN4O2/c1-13-10-19(22-12-14-6-4-5-7-16(14)21)25-20(23-13)24-15-8-9-17(26-2)18(11-15)27-3/h4-11H,12H2,1-3H3,(H2,22,23,24,25). The van der Waals surface area contributed by atoms with Gasteiger partial charge in [-0.1, -0.05) is 29.8 Å². The molecule has 27 heavy (non-hydrogen) atoms. The molecule has 0 fully saturated rings. The summed E-state index contributed by atoms with van der Waals surface area (Å²) in [7, 11) is 3.20. The Morgan fingerprint density at radius 1 is 0.963 bits per heavy atom. The van der Waals surface area contributed by atoms with E-state index in [-0.39, 0.29) is 0 Å². The number of nitrogens with zero attached hydrogens (tertiary/aromatic N) is 2. The monoisotopic (exact) mass is 384 g/mol. The molecule has 1 aromatic heterocycles. The van der Waals surface area contributed by atoms with Crippen LogP contribution in [0.4, 0.5) is 17.5 Å². The average Bonchev–Trinajstić information content (AvgIpc) is 2.67. The van der Waals surface area contributed by atoms with Gasteiger partial charge in [-0.25, -0.2) is 4.98 Å². The fourth-order valence-corrected chi connectivity index (χ4v) is 2.79. The van der Waals surface area contributed by atoms with Gasteiger partial charge in [-0.3, -0.25) is 0 Å². The summed E-state index contributed by atoms with van der Waals surface area (Å²) >= 11 is 6.21. The number of aryl methyl sites for hydroxylation is 1. The van der Waals surface area contributed by atoms with E-state index in [0.29, 0.717) is 29.8 Å². The summed E-state index contributed by atoms with van der Waals surface area (Å²) in [6.45, 7) is 2.49.